The molecule has 0 spiro atoms. The van der Waals surface area contributed by atoms with Gasteiger partial charge in [-0.2, -0.15) is 0 Å². The van der Waals surface area contributed by atoms with Gasteiger partial charge in [0.1, 0.15) is 11.5 Å². The average molecular weight is 328 g/mol. The minimum absolute atomic E-state index is 0.0416. The van der Waals surface area contributed by atoms with Crippen LogP contribution in [-0.4, -0.2) is 10.9 Å². The molecule has 4 nitrogen and oxygen atoms in total. The van der Waals surface area contributed by atoms with Gasteiger partial charge in [0.25, 0.3) is 0 Å². The summed E-state index contributed by atoms with van der Waals surface area (Å²) in [5.74, 6) is 2.07. The summed E-state index contributed by atoms with van der Waals surface area (Å²) in [6, 6.07) is 14.1. The molecule has 0 aliphatic heterocycles. The Kier molecular flexibility index (Phi) is 4.88. The van der Waals surface area contributed by atoms with Crippen LogP contribution in [0.25, 0.3) is 0 Å². The van der Waals surface area contributed by atoms with E-state index >= 15 is 0 Å². The molecule has 23 heavy (non-hydrogen) atoms. The normalized spacial score (nSPS) is 12.2. The van der Waals surface area contributed by atoms with Crippen molar-refractivity contribution in [2.45, 2.75) is 17.4 Å². The molecule has 1 N–H and O–H groups in total. The molecule has 0 saturated carbocycles. The van der Waals surface area contributed by atoms with E-state index in [0.29, 0.717) is 17.9 Å². The maximum Gasteiger partial charge on any atom is 0.199 e. The Labute approximate surface area is 138 Å². The first-order valence-electron chi connectivity index (χ1n) is 7.22. The third kappa shape index (κ3) is 4.07. The Morgan fingerprint density at radius 3 is 2.43 bits per heavy atom. The van der Waals surface area contributed by atoms with Gasteiger partial charge < -0.3 is 13.9 Å². The Morgan fingerprint density at radius 2 is 1.78 bits per heavy atom. The van der Waals surface area contributed by atoms with Gasteiger partial charge >= 0.3 is 0 Å². The van der Waals surface area contributed by atoms with Crippen LogP contribution >= 0.6 is 11.8 Å². The van der Waals surface area contributed by atoms with Gasteiger partial charge in [0.05, 0.1) is 18.3 Å². The molecule has 2 heterocycles. The van der Waals surface area contributed by atoms with Crippen molar-refractivity contribution in [3.63, 3.8) is 0 Å². The van der Waals surface area contributed by atoms with Gasteiger partial charge in [-0.1, -0.05) is 12.1 Å². The number of rotatable bonds is 7. The number of Topliss-reactive ketones (excluding diaryl/α,β-unsaturated/α-hetero) is 1. The van der Waals surface area contributed by atoms with E-state index in [4.69, 9.17) is 8.83 Å². The lowest BCUT2D eigenvalue weighted by molar-refractivity contribution is 0.0955. The first-order chi connectivity index (χ1) is 11.2. The molecule has 1 aromatic carbocycles. The number of hydrogen-bond donors (Lipinski definition) is 1. The fourth-order valence-electron chi connectivity index (χ4n) is 2.25. The van der Waals surface area contributed by atoms with Crippen LogP contribution < -0.4 is 0 Å². The quantitative estimate of drug-likeness (QED) is 0.630. The van der Waals surface area contributed by atoms with Gasteiger partial charge in [-0.25, -0.2) is 0 Å². The zero-order chi connectivity index (χ0) is 16.1. The predicted molar refractivity (Wildman–Crippen MR) is 88.5 cm³/mol. The molecular weight excluding hydrogens is 312 g/mol. The Morgan fingerprint density at radius 1 is 1.04 bits per heavy atom. The van der Waals surface area contributed by atoms with E-state index in [-0.39, 0.29) is 16.8 Å². The molecule has 0 aliphatic rings. The summed E-state index contributed by atoms with van der Waals surface area (Å²) >= 11 is 1.63. The summed E-state index contributed by atoms with van der Waals surface area (Å²) in [6.45, 7) is 0. The number of carbonyl (C=O) groups excluding carboxylic acids is 1. The van der Waals surface area contributed by atoms with E-state index in [2.05, 4.69) is 0 Å². The van der Waals surface area contributed by atoms with Gasteiger partial charge in [-0.3, -0.25) is 4.79 Å². The standard InChI is InChI=1S/C18H16O4S/c19-14-7-5-13(6-8-14)18(23-12-15-3-1-9-21-15)11-16(20)17-4-2-10-22-17/h1-10,18-19H,11-12H2/t18-/m0/s1. The summed E-state index contributed by atoms with van der Waals surface area (Å²) in [5.41, 5.74) is 0.985. The third-order valence-corrected chi connectivity index (χ3v) is 4.73. The second-order valence-electron chi connectivity index (χ2n) is 5.08. The number of phenols is 1. The van der Waals surface area contributed by atoms with Gasteiger partial charge in [0, 0.05) is 11.7 Å². The molecule has 0 bridgehead atoms. The number of benzene rings is 1. The fraction of sp³-hybridized carbons (Fsp3) is 0.167. The second-order valence-corrected chi connectivity index (χ2v) is 6.27. The van der Waals surface area contributed by atoms with Crippen molar-refractivity contribution in [1.29, 1.82) is 0 Å². The van der Waals surface area contributed by atoms with E-state index < -0.39 is 0 Å². The van der Waals surface area contributed by atoms with E-state index in [1.165, 1.54) is 6.26 Å². The van der Waals surface area contributed by atoms with Crippen LogP contribution in [0.15, 0.2) is 69.9 Å². The molecule has 3 rings (SSSR count). The van der Waals surface area contributed by atoms with E-state index in [0.717, 1.165) is 11.3 Å². The molecule has 0 unspecified atom stereocenters. The molecule has 0 radical (unpaired) electrons. The molecule has 2 aromatic heterocycles. The van der Waals surface area contributed by atoms with E-state index in [9.17, 15) is 9.90 Å². The summed E-state index contributed by atoms with van der Waals surface area (Å²) in [7, 11) is 0. The van der Waals surface area contributed by atoms with E-state index in [1.54, 1.807) is 42.3 Å². The van der Waals surface area contributed by atoms with Crippen LogP contribution in [0.1, 0.15) is 33.5 Å². The van der Waals surface area contributed by atoms with Crippen LogP contribution in [0.2, 0.25) is 0 Å². The Balaban J connectivity index is 1.74. The fourth-order valence-corrected chi connectivity index (χ4v) is 3.39. The molecule has 5 heteroatoms. The van der Waals surface area contributed by atoms with Crippen LogP contribution in [0.3, 0.4) is 0 Å². The summed E-state index contributed by atoms with van der Waals surface area (Å²) in [4.78, 5) is 12.3. The first-order valence-corrected chi connectivity index (χ1v) is 8.27. The highest BCUT2D eigenvalue weighted by Gasteiger charge is 2.20. The van der Waals surface area contributed by atoms with Crippen molar-refractivity contribution >= 4 is 17.5 Å². The minimum atomic E-state index is -0.0432. The molecule has 1 atom stereocenters. The van der Waals surface area contributed by atoms with Gasteiger partial charge in [0.2, 0.25) is 0 Å². The summed E-state index contributed by atoms with van der Waals surface area (Å²) in [5, 5.41) is 9.40. The molecule has 0 saturated heterocycles. The number of hydrogen-bond acceptors (Lipinski definition) is 5. The molecule has 0 fully saturated rings. The van der Waals surface area contributed by atoms with Crippen molar-refractivity contribution in [3.05, 3.63) is 78.1 Å². The second kappa shape index (κ2) is 7.24. The molecular formula is C18H16O4S. The number of ketones is 1. The Bertz CT molecular complexity index is 730. The van der Waals surface area contributed by atoms with Crippen LogP contribution in [0.5, 0.6) is 5.75 Å². The minimum Gasteiger partial charge on any atom is -0.508 e. The van der Waals surface area contributed by atoms with Crippen molar-refractivity contribution in [1.82, 2.24) is 0 Å². The third-order valence-electron chi connectivity index (χ3n) is 3.44. The molecule has 118 valence electrons. The number of furan rings is 2. The highest BCUT2D eigenvalue weighted by Crippen LogP contribution is 2.36. The highest BCUT2D eigenvalue weighted by molar-refractivity contribution is 7.98. The average Bonchev–Trinajstić information content (AvgIpc) is 3.25. The zero-order valence-corrected chi connectivity index (χ0v) is 13.2. The van der Waals surface area contributed by atoms with E-state index in [1.807, 2.05) is 24.3 Å². The lowest BCUT2D eigenvalue weighted by atomic mass is 10.1. The summed E-state index contributed by atoms with van der Waals surface area (Å²) < 4.78 is 10.5. The van der Waals surface area contributed by atoms with Gasteiger partial charge in [-0.15, -0.1) is 11.8 Å². The van der Waals surface area contributed by atoms with Crippen molar-refractivity contribution in [2.24, 2.45) is 0 Å². The SMILES string of the molecule is O=C(C[C@H](SCc1ccco1)c1ccc(O)cc1)c1ccco1. The first kappa shape index (κ1) is 15.5. The zero-order valence-electron chi connectivity index (χ0n) is 12.3. The maximum absolute atomic E-state index is 12.3. The van der Waals surface area contributed by atoms with Crippen LogP contribution in [0, 0.1) is 0 Å². The topological polar surface area (TPSA) is 63.6 Å². The highest BCUT2D eigenvalue weighted by atomic mass is 32.2. The maximum atomic E-state index is 12.3. The van der Waals surface area contributed by atoms with Gasteiger partial charge in [0.15, 0.2) is 11.5 Å². The lowest BCUT2D eigenvalue weighted by Gasteiger charge is -2.15. The number of aromatic hydroxyl groups is 1. The number of thioether (sulfide) groups is 1. The van der Waals surface area contributed by atoms with Crippen LogP contribution in [-0.2, 0) is 5.75 Å². The summed E-state index contributed by atoms with van der Waals surface area (Å²) in [6.07, 6.45) is 3.46. The molecule has 0 aliphatic carbocycles. The Hall–Kier alpha value is -2.40. The molecule has 3 aromatic rings. The molecule has 0 amide bonds. The van der Waals surface area contributed by atoms with Crippen LogP contribution in [0.4, 0.5) is 0 Å². The van der Waals surface area contributed by atoms with Crippen molar-refractivity contribution in [3.8, 4) is 5.75 Å². The number of carbonyl (C=O) groups is 1. The lowest BCUT2D eigenvalue weighted by Crippen LogP contribution is -2.05. The van der Waals surface area contributed by atoms with Gasteiger partial charge in [-0.05, 0) is 42.0 Å². The van der Waals surface area contributed by atoms with Crippen molar-refractivity contribution < 1.29 is 18.7 Å². The predicted octanol–water partition coefficient (Wildman–Crippen LogP) is 4.83. The number of phenolic OH excluding ortho intramolecular Hbond substituents is 1. The smallest absolute Gasteiger partial charge is 0.199 e. The monoisotopic (exact) mass is 328 g/mol. The van der Waals surface area contributed by atoms with Crippen molar-refractivity contribution in [2.75, 3.05) is 0 Å². The largest absolute Gasteiger partial charge is 0.508 e.